The van der Waals surface area contributed by atoms with Crippen LogP contribution in [0.1, 0.15) is 11.1 Å². The minimum atomic E-state index is 0.527. The highest BCUT2D eigenvalue weighted by atomic mass is 79.9. The molecule has 0 amide bonds. The van der Waals surface area contributed by atoms with Crippen LogP contribution in [-0.2, 0) is 6.61 Å². The van der Waals surface area contributed by atoms with E-state index in [0.717, 1.165) is 21.3 Å². The van der Waals surface area contributed by atoms with Gasteiger partial charge in [-0.2, -0.15) is 0 Å². The van der Waals surface area contributed by atoms with Crippen LogP contribution in [0.15, 0.2) is 53.0 Å². The van der Waals surface area contributed by atoms with Crippen molar-refractivity contribution in [3.05, 3.63) is 64.1 Å². The van der Waals surface area contributed by atoms with Crippen molar-refractivity contribution < 1.29 is 9.84 Å². The van der Waals surface area contributed by atoms with E-state index in [2.05, 4.69) is 31.8 Å². The van der Waals surface area contributed by atoms with Gasteiger partial charge in [-0.15, -0.1) is 10.5 Å². The molecular weight excluding hydrogens is 362 g/mol. The topological polar surface area (TPSA) is 47.3 Å². The summed E-state index contributed by atoms with van der Waals surface area (Å²) in [7, 11) is 1.76. The third-order valence-corrected chi connectivity index (χ3v) is 3.66. The molecule has 114 valence electrons. The monoisotopic (exact) mass is 378 g/mol. The second-order valence-corrected chi connectivity index (χ2v) is 5.80. The van der Waals surface area contributed by atoms with Crippen LogP contribution >= 0.6 is 28.1 Å². The fraction of sp³-hybridized carbons (Fsp3) is 0.125. The van der Waals surface area contributed by atoms with Crippen molar-refractivity contribution in [3.8, 4) is 5.75 Å². The largest absolute Gasteiger partial charge is 0.489 e. The number of nitrogens with one attached hydrogen (secondary N) is 3. The lowest BCUT2D eigenvalue weighted by Gasteiger charge is -2.06. The number of hydrogen-bond acceptors (Lipinski definition) is 2. The highest BCUT2D eigenvalue weighted by molar-refractivity contribution is 9.10. The standard InChI is InChI=1S/C16H16BrN3OS/c1-18-16(22)20-19-10-13-3-2-4-15(9-13)21-11-12-5-7-14(17)8-6-12/h2-10H,11H2,1H3,(H2,18,20,22)/p+1. The van der Waals surface area contributed by atoms with Gasteiger partial charge in [-0.3, -0.25) is 0 Å². The number of hydrogen-bond donors (Lipinski definition) is 3. The number of rotatable bonds is 5. The van der Waals surface area contributed by atoms with Crippen molar-refractivity contribution in [1.29, 1.82) is 0 Å². The summed E-state index contributed by atoms with van der Waals surface area (Å²) in [6.45, 7) is 0.534. The number of hydrazone groups is 1. The van der Waals surface area contributed by atoms with Crippen molar-refractivity contribution in [2.45, 2.75) is 6.61 Å². The Morgan fingerprint density at radius 2 is 2.05 bits per heavy atom. The van der Waals surface area contributed by atoms with Gasteiger partial charge < -0.3 is 10.1 Å². The third-order valence-electron chi connectivity index (χ3n) is 2.83. The zero-order valence-corrected chi connectivity index (χ0v) is 14.5. The fourth-order valence-electron chi connectivity index (χ4n) is 1.69. The van der Waals surface area contributed by atoms with Crippen molar-refractivity contribution >= 4 is 39.5 Å². The Kier molecular flexibility index (Phi) is 6.36. The van der Waals surface area contributed by atoms with Crippen molar-refractivity contribution in [1.82, 2.24) is 10.7 Å². The Morgan fingerprint density at radius 3 is 2.77 bits per heavy atom. The maximum Gasteiger partial charge on any atom is 0.223 e. The second kappa shape index (κ2) is 8.51. The van der Waals surface area contributed by atoms with E-state index in [9.17, 15) is 0 Å². The smallest absolute Gasteiger partial charge is 0.223 e. The molecule has 2 aromatic rings. The Hall–Kier alpha value is -1.92. The number of ether oxygens (including phenoxy) is 1. The summed E-state index contributed by atoms with van der Waals surface area (Å²) in [6, 6.07) is 15.9. The van der Waals surface area contributed by atoms with E-state index < -0.39 is 0 Å². The summed E-state index contributed by atoms with van der Waals surface area (Å²) in [4.78, 5) is 0. The first-order chi connectivity index (χ1) is 10.7. The van der Waals surface area contributed by atoms with Gasteiger partial charge in [0, 0.05) is 17.1 Å². The van der Waals surface area contributed by atoms with E-state index in [1.807, 2.05) is 54.7 Å². The highest BCUT2D eigenvalue weighted by Gasteiger charge is 1.99. The number of benzene rings is 2. The number of hydrazine groups is 1. The molecule has 0 saturated heterocycles. The van der Waals surface area contributed by atoms with Gasteiger partial charge in [-0.1, -0.05) is 34.1 Å². The normalized spacial score (nSPS) is 10.5. The van der Waals surface area contributed by atoms with Crippen LogP contribution in [0.25, 0.3) is 0 Å². The zero-order valence-electron chi connectivity index (χ0n) is 12.1. The molecule has 0 atom stereocenters. The van der Waals surface area contributed by atoms with Crippen molar-refractivity contribution in [3.63, 3.8) is 0 Å². The molecular formula is C16H17BrN3OS+. The first-order valence-electron chi connectivity index (χ1n) is 6.71. The molecule has 0 aliphatic rings. The number of thiocarbonyl (C=S) groups is 1. The molecule has 0 aliphatic heterocycles. The average molecular weight is 379 g/mol. The molecule has 2 rings (SSSR count). The molecule has 4 nitrogen and oxygen atoms in total. The second-order valence-electron chi connectivity index (χ2n) is 4.48. The fourth-order valence-corrected chi connectivity index (χ4v) is 2.01. The lowest BCUT2D eigenvalue weighted by atomic mass is 10.2. The Bertz CT molecular complexity index is 659. The van der Waals surface area contributed by atoms with Crippen molar-refractivity contribution in [2.75, 3.05) is 7.05 Å². The summed E-state index contributed by atoms with van der Waals surface area (Å²) < 4.78 is 6.86. The Labute approximate surface area is 143 Å². The Morgan fingerprint density at radius 1 is 1.27 bits per heavy atom. The molecule has 0 bridgehead atoms. The van der Waals surface area contributed by atoms with Crippen LogP contribution < -0.4 is 20.6 Å². The van der Waals surface area contributed by atoms with Crippen LogP contribution in [0.3, 0.4) is 0 Å². The molecule has 0 radical (unpaired) electrons. The SMILES string of the molecule is CNC(=S)N[NH+]=Cc1cccc(OCc2ccc(Br)cc2)c1. The minimum absolute atomic E-state index is 0.527. The van der Waals surface area contributed by atoms with Gasteiger partial charge in [0.25, 0.3) is 0 Å². The molecule has 0 heterocycles. The van der Waals surface area contributed by atoms with Crippen LogP contribution in [0.2, 0.25) is 0 Å². The predicted molar refractivity (Wildman–Crippen MR) is 95.8 cm³/mol. The van der Waals surface area contributed by atoms with Crippen molar-refractivity contribution in [2.24, 2.45) is 0 Å². The molecule has 3 N–H and O–H groups in total. The van der Waals surface area contributed by atoms with E-state index in [4.69, 9.17) is 17.0 Å². The zero-order chi connectivity index (χ0) is 15.8. The van der Waals surface area contributed by atoms with Gasteiger partial charge >= 0.3 is 0 Å². The van der Waals surface area contributed by atoms with Crippen LogP contribution in [0.4, 0.5) is 0 Å². The molecule has 0 aliphatic carbocycles. The maximum atomic E-state index is 5.80. The minimum Gasteiger partial charge on any atom is -0.489 e. The maximum absolute atomic E-state index is 5.80. The summed E-state index contributed by atoms with van der Waals surface area (Å²) in [6.07, 6.45) is 1.82. The van der Waals surface area contributed by atoms with Gasteiger partial charge in [0.2, 0.25) is 5.11 Å². The van der Waals surface area contributed by atoms with E-state index in [1.54, 1.807) is 7.05 Å². The summed E-state index contributed by atoms with van der Waals surface area (Å²) in [5.41, 5.74) is 4.94. The lowest BCUT2D eigenvalue weighted by molar-refractivity contribution is -0.500. The number of halogens is 1. The van der Waals surface area contributed by atoms with Gasteiger partial charge in [-0.25, -0.2) is 0 Å². The molecule has 0 fully saturated rings. The van der Waals surface area contributed by atoms with Gasteiger partial charge in [0.05, 0.1) is 0 Å². The quantitative estimate of drug-likeness (QED) is 0.419. The van der Waals surface area contributed by atoms with E-state index in [0.29, 0.717) is 11.7 Å². The van der Waals surface area contributed by atoms with E-state index in [-0.39, 0.29) is 0 Å². The summed E-state index contributed by atoms with van der Waals surface area (Å²) >= 11 is 8.39. The molecule has 0 spiro atoms. The predicted octanol–water partition coefficient (Wildman–Crippen LogP) is 1.54. The molecule has 0 aromatic heterocycles. The van der Waals surface area contributed by atoms with Gasteiger partial charge in [0.15, 0.2) is 6.21 Å². The first-order valence-corrected chi connectivity index (χ1v) is 7.91. The molecule has 0 unspecified atom stereocenters. The average Bonchev–Trinajstić information content (AvgIpc) is 2.54. The Balaban J connectivity index is 1.93. The highest BCUT2D eigenvalue weighted by Crippen LogP contribution is 2.15. The first kappa shape index (κ1) is 16.5. The van der Waals surface area contributed by atoms with E-state index in [1.165, 1.54) is 0 Å². The van der Waals surface area contributed by atoms with Crippen LogP contribution in [0, 0.1) is 0 Å². The van der Waals surface area contributed by atoms with Crippen LogP contribution in [0.5, 0.6) is 5.75 Å². The molecule has 2 aromatic carbocycles. The summed E-state index contributed by atoms with van der Waals surface area (Å²) in [5, 5.41) is 6.26. The van der Waals surface area contributed by atoms with Gasteiger partial charge in [-0.05, 0) is 48.1 Å². The lowest BCUT2D eigenvalue weighted by Crippen LogP contribution is -2.82. The van der Waals surface area contributed by atoms with Crippen LogP contribution in [-0.4, -0.2) is 18.4 Å². The summed E-state index contributed by atoms with van der Waals surface area (Å²) in [5.74, 6) is 0.815. The third kappa shape index (κ3) is 5.46. The molecule has 6 heteroatoms. The molecule has 22 heavy (non-hydrogen) atoms. The molecule has 0 saturated carbocycles. The van der Waals surface area contributed by atoms with E-state index >= 15 is 0 Å². The van der Waals surface area contributed by atoms with Gasteiger partial charge in [0.1, 0.15) is 12.4 Å².